The SMILES string of the molecule is c1ccc(-c2cc(-c3ccccc3)nc(-c3ccc(-c4ccc5c(c4)c4ccccc4n5-c4ccc(-c5cccc6c7ccccc7n(-c7ccccc7)c56)cc4)cc3)c2)cc1. The Kier molecular flexibility index (Phi) is 8.50. The molecular weight excluding hydrogens is 751 g/mol. The number of hydrogen-bond acceptors (Lipinski definition) is 1. The molecule has 3 heteroatoms. The fraction of sp³-hybridized carbons (Fsp3) is 0. The Hall–Kier alpha value is -8.27. The van der Waals surface area contributed by atoms with Gasteiger partial charge in [-0.25, -0.2) is 4.98 Å². The van der Waals surface area contributed by atoms with E-state index in [0.29, 0.717) is 0 Å². The van der Waals surface area contributed by atoms with E-state index in [-0.39, 0.29) is 0 Å². The molecule has 3 nitrogen and oxygen atoms in total. The van der Waals surface area contributed by atoms with Gasteiger partial charge in [0.25, 0.3) is 0 Å². The molecule has 0 saturated carbocycles. The third-order valence-electron chi connectivity index (χ3n) is 12.3. The monoisotopic (exact) mass is 789 g/mol. The van der Waals surface area contributed by atoms with Crippen molar-refractivity contribution >= 4 is 43.6 Å². The predicted molar refractivity (Wildman–Crippen MR) is 260 cm³/mol. The Morgan fingerprint density at radius 3 is 1.42 bits per heavy atom. The topological polar surface area (TPSA) is 22.8 Å². The summed E-state index contributed by atoms with van der Waals surface area (Å²) in [5.74, 6) is 0. The third kappa shape index (κ3) is 6.02. The number of fused-ring (bicyclic) bond motifs is 6. The zero-order valence-corrected chi connectivity index (χ0v) is 33.9. The van der Waals surface area contributed by atoms with E-state index in [2.05, 4.69) is 240 Å². The van der Waals surface area contributed by atoms with E-state index in [0.717, 1.165) is 39.5 Å². The van der Waals surface area contributed by atoms with Crippen molar-refractivity contribution in [2.45, 2.75) is 0 Å². The van der Waals surface area contributed by atoms with Crippen molar-refractivity contribution in [2.75, 3.05) is 0 Å². The Morgan fingerprint density at radius 1 is 0.258 bits per heavy atom. The highest BCUT2D eigenvalue weighted by atomic mass is 15.0. The molecule has 9 aromatic carbocycles. The average Bonchev–Trinajstić information content (AvgIpc) is 3.88. The first-order chi connectivity index (χ1) is 30.7. The number of hydrogen-bond donors (Lipinski definition) is 0. The summed E-state index contributed by atoms with van der Waals surface area (Å²) in [5, 5.41) is 4.98. The maximum atomic E-state index is 5.17. The summed E-state index contributed by atoms with van der Waals surface area (Å²) in [4.78, 5) is 5.17. The van der Waals surface area contributed by atoms with Gasteiger partial charge in [-0.2, -0.15) is 0 Å². The van der Waals surface area contributed by atoms with Gasteiger partial charge in [0, 0.05) is 49.6 Å². The van der Waals surface area contributed by atoms with Gasteiger partial charge < -0.3 is 9.13 Å². The number of para-hydroxylation sites is 4. The zero-order valence-electron chi connectivity index (χ0n) is 33.9. The van der Waals surface area contributed by atoms with E-state index < -0.39 is 0 Å². The van der Waals surface area contributed by atoms with Crippen molar-refractivity contribution < 1.29 is 0 Å². The normalized spacial score (nSPS) is 11.5. The van der Waals surface area contributed by atoms with E-state index in [4.69, 9.17) is 4.98 Å². The van der Waals surface area contributed by atoms with E-state index in [1.54, 1.807) is 0 Å². The lowest BCUT2D eigenvalue weighted by Gasteiger charge is -2.13. The van der Waals surface area contributed by atoms with Crippen LogP contribution in [0, 0.1) is 0 Å². The molecule has 3 heterocycles. The van der Waals surface area contributed by atoms with Crippen LogP contribution in [0.2, 0.25) is 0 Å². The fourth-order valence-electron chi connectivity index (χ4n) is 9.38. The Balaban J connectivity index is 0.916. The molecule has 290 valence electrons. The van der Waals surface area contributed by atoms with Crippen LogP contribution in [0.25, 0.3) is 111 Å². The molecule has 3 aromatic heterocycles. The van der Waals surface area contributed by atoms with Crippen LogP contribution in [0.1, 0.15) is 0 Å². The van der Waals surface area contributed by atoms with Gasteiger partial charge in [0.05, 0.1) is 33.5 Å². The maximum absolute atomic E-state index is 5.17. The molecule has 0 bridgehead atoms. The summed E-state index contributed by atoms with van der Waals surface area (Å²) in [6, 6.07) is 85.1. The second-order valence-corrected chi connectivity index (χ2v) is 16.0. The largest absolute Gasteiger partial charge is 0.309 e. The highest BCUT2D eigenvalue weighted by Crippen LogP contribution is 2.40. The predicted octanol–water partition coefficient (Wildman–Crippen LogP) is 15.6. The van der Waals surface area contributed by atoms with Crippen LogP contribution in [-0.4, -0.2) is 14.1 Å². The average molecular weight is 790 g/mol. The first-order valence-electron chi connectivity index (χ1n) is 21.2. The highest BCUT2D eigenvalue weighted by molar-refractivity contribution is 6.14. The lowest BCUT2D eigenvalue weighted by molar-refractivity contribution is 1.17. The van der Waals surface area contributed by atoms with Crippen LogP contribution >= 0.6 is 0 Å². The molecule has 0 aliphatic heterocycles. The summed E-state index contributed by atoms with van der Waals surface area (Å²) in [7, 11) is 0. The maximum Gasteiger partial charge on any atom is 0.0715 e. The number of aromatic nitrogens is 3. The second-order valence-electron chi connectivity index (χ2n) is 16.0. The molecule has 0 atom stereocenters. The van der Waals surface area contributed by atoms with Gasteiger partial charge in [0.15, 0.2) is 0 Å². The Labute approximate surface area is 360 Å². The Bertz CT molecular complexity index is 3520. The lowest BCUT2D eigenvalue weighted by atomic mass is 9.98. The van der Waals surface area contributed by atoms with Gasteiger partial charge in [0.2, 0.25) is 0 Å². The van der Waals surface area contributed by atoms with Crippen molar-refractivity contribution in [3.05, 3.63) is 237 Å². The molecule has 0 radical (unpaired) electrons. The molecule has 12 rings (SSSR count). The minimum Gasteiger partial charge on any atom is -0.309 e. The van der Waals surface area contributed by atoms with E-state index in [9.17, 15) is 0 Å². The summed E-state index contributed by atoms with van der Waals surface area (Å²) in [6.45, 7) is 0. The van der Waals surface area contributed by atoms with Crippen molar-refractivity contribution in [1.82, 2.24) is 14.1 Å². The lowest BCUT2D eigenvalue weighted by Crippen LogP contribution is -1.96. The van der Waals surface area contributed by atoms with Gasteiger partial charge in [-0.05, 0) is 88.5 Å². The minimum absolute atomic E-state index is 0.955. The van der Waals surface area contributed by atoms with Gasteiger partial charge >= 0.3 is 0 Å². The van der Waals surface area contributed by atoms with Crippen molar-refractivity contribution in [1.29, 1.82) is 0 Å². The number of pyridine rings is 1. The molecule has 62 heavy (non-hydrogen) atoms. The van der Waals surface area contributed by atoms with Crippen LogP contribution in [0.3, 0.4) is 0 Å². The standard InChI is InChI=1S/C59H39N3/c1-4-15-40(16-5-1)46-38-54(43-17-6-2-7-18-43)60-55(39-46)44-29-27-41(28-30-44)45-33-36-58-53(37-45)51-22-11-12-25-56(51)61(58)48-34-31-42(32-35-48)49-23-14-24-52-50-21-10-13-26-57(50)62(59(49)52)47-19-8-3-9-20-47/h1-39H. The second kappa shape index (κ2) is 14.8. The van der Waals surface area contributed by atoms with Crippen molar-refractivity contribution in [3.8, 4) is 67.3 Å². The van der Waals surface area contributed by atoms with Crippen molar-refractivity contribution in [3.63, 3.8) is 0 Å². The molecule has 0 unspecified atom stereocenters. The quantitative estimate of drug-likeness (QED) is 0.158. The summed E-state index contributed by atoms with van der Waals surface area (Å²) < 4.78 is 4.81. The third-order valence-corrected chi connectivity index (χ3v) is 12.3. The van der Waals surface area contributed by atoms with Gasteiger partial charge in [-0.1, -0.05) is 176 Å². The molecule has 0 aliphatic rings. The first kappa shape index (κ1) is 35.7. The Morgan fingerprint density at radius 2 is 0.726 bits per heavy atom. The van der Waals surface area contributed by atoms with E-state index >= 15 is 0 Å². The molecule has 0 spiro atoms. The van der Waals surface area contributed by atoms with Crippen LogP contribution in [-0.2, 0) is 0 Å². The van der Waals surface area contributed by atoms with Crippen LogP contribution in [0.4, 0.5) is 0 Å². The number of nitrogens with zero attached hydrogens (tertiary/aromatic N) is 3. The van der Waals surface area contributed by atoms with Gasteiger partial charge in [-0.3, -0.25) is 0 Å². The molecular formula is C59H39N3. The van der Waals surface area contributed by atoms with Gasteiger partial charge in [-0.15, -0.1) is 0 Å². The number of benzene rings is 9. The molecule has 0 amide bonds. The van der Waals surface area contributed by atoms with Crippen LogP contribution in [0.15, 0.2) is 237 Å². The fourth-order valence-corrected chi connectivity index (χ4v) is 9.38. The van der Waals surface area contributed by atoms with Crippen LogP contribution in [0.5, 0.6) is 0 Å². The zero-order chi connectivity index (χ0) is 41.0. The van der Waals surface area contributed by atoms with E-state index in [1.165, 1.54) is 71.4 Å². The summed E-state index contributed by atoms with van der Waals surface area (Å²) >= 11 is 0. The molecule has 12 aromatic rings. The molecule has 0 N–H and O–H groups in total. The summed E-state index contributed by atoms with van der Waals surface area (Å²) in [6.07, 6.45) is 0. The minimum atomic E-state index is 0.955. The number of rotatable bonds is 7. The smallest absolute Gasteiger partial charge is 0.0715 e. The summed E-state index contributed by atoms with van der Waals surface area (Å²) in [5.41, 5.74) is 18.3. The molecule has 0 saturated heterocycles. The highest BCUT2D eigenvalue weighted by Gasteiger charge is 2.18. The first-order valence-corrected chi connectivity index (χ1v) is 21.2. The molecule has 0 aliphatic carbocycles. The van der Waals surface area contributed by atoms with Gasteiger partial charge in [0.1, 0.15) is 0 Å². The van der Waals surface area contributed by atoms with E-state index in [1.807, 2.05) is 6.07 Å². The molecule has 0 fully saturated rings. The van der Waals surface area contributed by atoms with Crippen LogP contribution < -0.4 is 0 Å². The van der Waals surface area contributed by atoms with Crippen molar-refractivity contribution in [2.24, 2.45) is 0 Å².